The Labute approximate surface area is 104 Å². The monoisotopic (exact) mass is 233 g/mol. The van der Waals surface area contributed by atoms with Gasteiger partial charge in [-0.05, 0) is 55.7 Å². The van der Waals surface area contributed by atoms with Crippen molar-refractivity contribution in [2.75, 3.05) is 13.2 Å². The van der Waals surface area contributed by atoms with Crippen molar-refractivity contribution in [1.29, 1.82) is 0 Å². The molecule has 1 aliphatic rings. The van der Waals surface area contributed by atoms with Crippen molar-refractivity contribution < 1.29 is 5.11 Å². The highest BCUT2D eigenvalue weighted by molar-refractivity contribution is 5.34. The first-order valence-electron chi connectivity index (χ1n) is 6.49. The third kappa shape index (κ3) is 2.38. The van der Waals surface area contributed by atoms with Crippen LogP contribution >= 0.6 is 0 Å². The van der Waals surface area contributed by atoms with Crippen LogP contribution < -0.4 is 5.73 Å². The summed E-state index contributed by atoms with van der Waals surface area (Å²) in [5.41, 5.74) is 9.87. The first kappa shape index (κ1) is 12.6. The smallest absolute Gasteiger partial charge is 0.0505 e. The molecule has 2 rings (SSSR count). The van der Waals surface area contributed by atoms with Crippen molar-refractivity contribution in [2.45, 2.75) is 33.1 Å². The number of aliphatic hydroxyl groups excluding tert-OH is 1. The zero-order chi connectivity index (χ0) is 12.5. The number of hydrogen-bond donors (Lipinski definition) is 2. The molecular weight excluding hydrogens is 210 g/mol. The fourth-order valence-corrected chi connectivity index (χ4v) is 2.81. The van der Waals surface area contributed by atoms with Crippen molar-refractivity contribution in [3.63, 3.8) is 0 Å². The van der Waals surface area contributed by atoms with Gasteiger partial charge in [0.15, 0.2) is 0 Å². The van der Waals surface area contributed by atoms with Crippen molar-refractivity contribution in [3.05, 3.63) is 34.9 Å². The summed E-state index contributed by atoms with van der Waals surface area (Å²) in [6.45, 7) is 5.09. The van der Waals surface area contributed by atoms with E-state index in [9.17, 15) is 5.11 Å². The Hall–Kier alpha value is -0.860. The van der Waals surface area contributed by atoms with E-state index in [-0.39, 0.29) is 12.0 Å². The van der Waals surface area contributed by atoms with Gasteiger partial charge in [0.25, 0.3) is 0 Å². The molecule has 0 spiro atoms. The maximum Gasteiger partial charge on any atom is 0.0505 e. The number of rotatable bonds is 5. The second-order valence-electron chi connectivity index (χ2n) is 5.55. The lowest BCUT2D eigenvalue weighted by molar-refractivity contribution is 0.108. The summed E-state index contributed by atoms with van der Waals surface area (Å²) in [7, 11) is 0. The number of benzene rings is 1. The molecule has 1 aliphatic carbocycles. The highest BCUT2D eigenvalue weighted by Gasteiger charge is 2.44. The van der Waals surface area contributed by atoms with E-state index in [0.717, 1.165) is 6.42 Å². The van der Waals surface area contributed by atoms with Gasteiger partial charge >= 0.3 is 0 Å². The van der Waals surface area contributed by atoms with Gasteiger partial charge in [0, 0.05) is 12.0 Å². The summed E-state index contributed by atoms with van der Waals surface area (Å²) >= 11 is 0. The zero-order valence-electron chi connectivity index (χ0n) is 10.9. The molecule has 1 aromatic carbocycles. The van der Waals surface area contributed by atoms with Crippen molar-refractivity contribution in [3.8, 4) is 0 Å². The van der Waals surface area contributed by atoms with E-state index in [1.165, 1.54) is 29.5 Å². The predicted molar refractivity (Wildman–Crippen MR) is 70.9 cm³/mol. The summed E-state index contributed by atoms with van der Waals surface area (Å²) in [4.78, 5) is 0. The van der Waals surface area contributed by atoms with Gasteiger partial charge in [0.1, 0.15) is 0 Å². The molecule has 0 radical (unpaired) electrons. The number of aryl methyl sites for hydroxylation is 2. The van der Waals surface area contributed by atoms with Crippen LogP contribution in [0.4, 0.5) is 0 Å². The first-order valence-corrected chi connectivity index (χ1v) is 6.49. The van der Waals surface area contributed by atoms with Gasteiger partial charge in [-0.2, -0.15) is 0 Å². The largest absolute Gasteiger partial charge is 0.396 e. The molecule has 1 aromatic rings. The van der Waals surface area contributed by atoms with Gasteiger partial charge in [0.2, 0.25) is 0 Å². The molecule has 0 heterocycles. The average Bonchev–Trinajstić information content (AvgIpc) is 3.14. The quantitative estimate of drug-likeness (QED) is 0.819. The van der Waals surface area contributed by atoms with E-state index >= 15 is 0 Å². The minimum atomic E-state index is -0.0864. The third-order valence-corrected chi connectivity index (χ3v) is 4.34. The zero-order valence-corrected chi connectivity index (χ0v) is 10.9. The lowest BCUT2D eigenvalue weighted by Gasteiger charge is -2.32. The minimum Gasteiger partial charge on any atom is -0.396 e. The van der Waals surface area contributed by atoms with Crippen LogP contribution in [-0.4, -0.2) is 18.3 Å². The van der Waals surface area contributed by atoms with Crippen LogP contribution in [0.1, 0.15) is 29.5 Å². The van der Waals surface area contributed by atoms with Gasteiger partial charge in [-0.1, -0.05) is 18.2 Å². The van der Waals surface area contributed by atoms with E-state index in [1.54, 1.807) is 0 Å². The van der Waals surface area contributed by atoms with Crippen LogP contribution in [0.3, 0.4) is 0 Å². The first-order chi connectivity index (χ1) is 8.13. The van der Waals surface area contributed by atoms with E-state index in [4.69, 9.17) is 5.73 Å². The lowest BCUT2D eigenvalue weighted by atomic mass is 9.76. The second-order valence-corrected chi connectivity index (χ2v) is 5.55. The molecule has 0 bridgehead atoms. The van der Waals surface area contributed by atoms with Crippen LogP contribution in [-0.2, 0) is 6.42 Å². The van der Waals surface area contributed by atoms with Gasteiger partial charge < -0.3 is 10.8 Å². The molecule has 0 saturated heterocycles. The molecule has 94 valence electrons. The number of nitrogens with two attached hydrogens (primary N) is 1. The van der Waals surface area contributed by atoms with E-state index in [1.807, 2.05) is 0 Å². The highest BCUT2D eigenvalue weighted by Crippen LogP contribution is 2.47. The van der Waals surface area contributed by atoms with Crippen LogP contribution in [0.25, 0.3) is 0 Å². The fraction of sp³-hybridized carbons (Fsp3) is 0.600. The van der Waals surface area contributed by atoms with Crippen LogP contribution in [0.15, 0.2) is 18.2 Å². The van der Waals surface area contributed by atoms with E-state index < -0.39 is 0 Å². The van der Waals surface area contributed by atoms with E-state index in [0.29, 0.717) is 12.5 Å². The summed E-state index contributed by atoms with van der Waals surface area (Å²) in [5.74, 6) is 0.622. The molecule has 1 saturated carbocycles. The molecule has 2 nitrogen and oxygen atoms in total. The maximum absolute atomic E-state index is 9.75. The SMILES string of the molecule is Cc1cccc(C)c1CC(CN)(CO)C1CC1. The summed E-state index contributed by atoms with van der Waals surface area (Å²) in [5, 5.41) is 9.75. The Kier molecular flexibility index (Phi) is 3.55. The molecule has 0 aliphatic heterocycles. The van der Waals surface area contributed by atoms with Crippen LogP contribution in [0, 0.1) is 25.2 Å². The average molecular weight is 233 g/mol. The molecule has 0 aromatic heterocycles. The highest BCUT2D eigenvalue weighted by atomic mass is 16.3. The van der Waals surface area contributed by atoms with Gasteiger partial charge in [-0.3, -0.25) is 0 Å². The molecule has 0 amide bonds. The number of aliphatic hydroxyl groups is 1. The van der Waals surface area contributed by atoms with Crippen molar-refractivity contribution in [1.82, 2.24) is 0 Å². The topological polar surface area (TPSA) is 46.2 Å². The van der Waals surface area contributed by atoms with Crippen LogP contribution in [0.5, 0.6) is 0 Å². The second kappa shape index (κ2) is 4.79. The van der Waals surface area contributed by atoms with Gasteiger partial charge in [-0.15, -0.1) is 0 Å². The van der Waals surface area contributed by atoms with Crippen molar-refractivity contribution in [2.24, 2.45) is 17.1 Å². The summed E-state index contributed by atoms with van der Waals surface area (Å²) in [6.07, 6.45) is 3.37. The van der Waals surface area contributed by atoms with Gasteiger partial charge in [0.05, 0.1) is 6.61 Å². The van der Waals surface area contributed by atoms with Crippen LogP contribution in [0.2, 0.25) is 0 Å². The standard InChI is InChI=1S/C15H23NO/c1-11-4-3-5-12(2)14(11)8-15(9-16,10-17)13-6-7-13/h3-5,13,17H,6-10,16H2,1-2H3. The molecule has 1 atom stereocenters. The minimum absolute atomic E-state index is 0.0864. The van der Waals surface area contributed by atoms with Gasteiger partial charge in [-0.25, -0.2) is 0 Å². The predicted octanol–water partition coefficient (Wildman–Crippen LogP) is 2.19. The molecule has 1 unspecified atom stereocenters. The Bertz CT molecular complexity index is 372. The Morgan fingerprint density at radius 3 is 2.29 bits per heavy atom. The molecule has 17 heavy (non-hydrogen) atoms. The normalized spacial score (nSPS) is 19.1. The Morgan fingerprint density at radius 1 is 1.29 bits per heavy atom. The lowest BCUT2D eigenvalue weighted by Crippen LogP contribution is -2.39. The maximum atomic E-state index is 9.75. The Balaban J connectivity index is 2.29. The molecule has 1 fully saturated rings. The fourth-order valence-electron chi connectivity index (χ4n) is 2.81. The molecule has 3 N–H and O–H groups in total. The molecular formula is C15H23NO. The van der Waals surface area contributed by atoms with Crippen molar-refractivity contribution >= 4 is 0 Å². The van der Waals surface area contributed by atoms with E-state index in [2.05, 4.69) is 32.0 Å². The third-order valence-electron chi connectivity index (χ3n) is 4.34. The molecule has 2 heteroatoms. The summed E-state index contributed by atoms with van der Waals surface area (Å²) < 4.78 is 0. The number of hydrogen-bond acceptors (Lipinski definition) is 2. The summed E-state index contributed by atoms with van der Waals surface area (Å²) in [6, 6.07) is 6.39. The Morgan fingerprint density at radius 2 is 1.88 bits per heavy atom.